The van der Waals surface area contributed by atoms with Gasteiger partial charge < -0.3 is 15.2 Å². The highest BCUT2D eigenvalue weighted by Gasteiger charge is 2.35. The van der Waals surface area contributed by atoms with Crippen LogP contribution in [0.1, 0.15) is 29.3 Å². The summed E-state index contributed by atoms with van der Waals surface area (Å²) in [5.74, 6) is -1.60. The van der Waals surface area contributed by atoms with Crippen LogP contribution >= 0.6 is 0 Å². The molecule has 0 saturated carbocycles. The van der Waals surface area contributed by atoms with Crippen molar-refractivity contribution in [1.29, 1.82) is 0 Å². The van der Waals surface area contributed by atoms with Crippen molar-refractivity contribution in [2.24, 2.45) is 0 Å². The normalized spacial score (nSPS) is 22.8. The number of nitrogens with one attached hydrogen (secondary N) is 1. The number of halogens is 3. The van der Waals surface area contributed by atoms with Gasteiger partial charge in [-0.15, -0.1) is 0 Å². The van der Waals surface area contributed by atoms with Gasteiger partial charge in [-0.1, -0.05) is 0 Å². The second-order valence-corrected chi connectivity index (χ2v) is 4.68. The van der Waals surface area contributed by atoms with E-state index in [9.17, 15) is 18.0 Å². The lowest BCUT2D eigenvalue weighted by Gasteiger charge is -2.19. The molecule has 0 amide bonds. The number of alkyl halides is 3. The van der Waals surface area contributed by atoms with Gasteiger partial charge in [0.05, 0.1) is 23.3 Å². The van der Waals surface area contributed by atoms with Crippen LogP contribution in [0.5, 0.6) is 0 Å². The van der Waals surface area contributed by atoms with Crippen molar-refractivity contribution >= 4 is 11.7 Å². The van der Waals surface area contributed by atoms with E-state index < -0.39 is 23.3 Å². The van der Waals surface area contributed by atoms with Crippen molar-refractivity contribution in [2.75, 3.05) is 11.9 Å². The Bertz CT molecular complexity index is 516. The maximum absolute atomic E-state index is 12.7. The minimum atomic E-state index is -4.68. The first kappa shape index (κ1) is 14.6. The minimum absolute atomic E-state index is 0.0339. The molecule has 1 aromatic rings. The molecule has 1 aromatic carbocycles. The zero-order valence-corrected chi connectivity index (χ0v) is 10.7. The number of ether oxygens (including phenoxy) is 1. The number of anilines is 1. The maximum Gasteiger partial charge on any atom is 0.417 e. The van der Waals surface area contributed by atoms with E-state index in [1.807, 2.05) is 6.92 Å². The standard InChI is InChI=1S/C13H14F3NO3/c1-7-11(4-5-20-7)17-8-2-3-10(13(14,15)16)9(6-8)12(18)19/h2-3,6-7,11,17H,4-5H2,1H3,(H,18,19). The first-order valence-corrected chi connectivity index (χ1v) is 6.11. The molecule has 7 heteroatoms. The molecule has 2 unspecified atom stereocenters. The first-order valence-electron chi connectivity index (χ1n) is 6.11. The van der Waals surface area contributed by atoms with Crippen LogP contribution in [0.25, 0.3) is 0 Å². The van der Waals surface area contributed by atoms with Crippen molar-refractivity contribution in [3.05, 3.63) is 29.3 Å². The summed E-state index contributed by atoms with van der Waals surface area (Å²) >= 11 is 0. The van der Waals surface area contributed by atoms with Crippen molar-refractivity contribution < 1.29 is 27.8 Å². The highest BCUT2D eigenvalue weighted by molar-refractivity contribution is 5.91. The van der Waals surface area contributed by atoms with Gasteiger partial charge in [-0.05, 0) is 31.5 Å². The Morgan fingerprint density at radius 2 is 2.15 bits per heavy atom. The van der Waals surface area contributed by atoms with Crippen molar-refractivity contribution in [3.63, 3.8) is 0 Å². The zero-order chi connectivity index (χ0) is 14.9. The van der Waals surface area contributed by atoms with E-state index in [1.165, 1.54) is 6.07 Å². The van der Waals surface area contributed by atoms with E-state index in [0.29, 0.717) is 12.3 Å². The summed E-state index contributed by atoms with van der Waals surface area (Å²) in [5.41, 5.74) is -1.56. The Morgan fingerprint density at radius 1 is 1.45 bits per heavy atom. The Hall–Kier alpha value is -1.76. The molecule has 4 nitrogen and oxygen atoms in total. The summed E-state index contributed by atoms with van der Waals surface area (Å²) in [5, 5.41) is 11.9. The number of hydrogen-bond acceptors (Lipinski definition) is 3. The van der Waals surface area contributed by atoms with E-state index in [-0.39, 0.29) is 12.1 Å². The second kappa shape index (κ2) is 5.32. The molecule has 1 fully saturated rings. The van der Waals surface area contributed by atoms with Gasteiger partial charge in [0.1, 0.15) is 0 Å². The van der Waals surface area contributed by atoms with Gasteiger partial charge in [0, 0.05) is 12.3 Å². The maximum atomic E-state index is 12.7. The van der Waals surface area contributed by atoms with Crippen molar-refractivity contribution in [1.82, 2.24) is 0 Å². The number of hydrogen-bond donors (Lipinski definition) is 2. The molecule has 0 aromatic heterocycles. The lowest BCUT2D eigenvalue weighted by atomic mass is 10.0. The Labute approximate surface area is 113 Å². The van der Waals surface area contributed by atoms with E-state index in [2.05, 4.69) is 5.32 Å². The molecule has 2 atom stereocenters. The van der Waals surface area contributed by atoms with Gasteiger partial charge >= 0.3 is 12.1 Å². The highest BCUT2D eigenvalue weighted by atomic mass is 19.4. The molecule has 20 heavy (non-hydrogen) atoms. The van der Waals surface area contributed by atoms with E-state index >= 15 is 0 Å². The third kappa shape index (κ3) is 3.04. The summed E-state index contributed by atoms with van der Waals surface area (Å²) in [6, 6.07) is 3.00. The summed E-state index contributed by atoms with van der Waals surface area (Å²) < 4.78 is 43.4. The van der Waals surface area contributed by atoms with Crippen LogP contribution in [0.15, 0.2) is 18.2 Å². The summed E-state index contributed by atoms with van der Waals surface area (Å²) in [6.45, 7) is 2.43. The Morgan fingerprint density at radius 3 is 2.65 bits per heavy atom. The van der Waals surface area contributed by atoms with Gasteiger partial charge in [0.25, 0.3) is 0 Å². The highest BCUT2D eigenvalue weighted by Crippen LogP contribution is 2.33. The van der Waals surface area contributed by atoms with Crippen molar-refractivity contribution in [2.45, 2.75) is 31.7 Å². The molecule has 2 rings (SSSR count). The lowest BCUT2D eigenvalue weighted by Crippen LogP contribution is -2.27. The number of carboxylic acid groups (broad SMARTS) is 1. The van der Waals surface area contributed by atoms with Crippen LogP contribution in [-0.2, 0) is 10.9 Å². The number of carboxylic acids is 1. The summed E-state index contributed by atoms with van der Waals surface area (Å²) in [4.78, 5) is 11.0. The fraction of sp³-hybridized carbons (Fsp3) is 0.462. The van der Waals surface area contributed by atoms with Gasteiger partial charge in [0.2, 0.25) is 0 Å². The molecule has 110 valence electrons. The first-order chi connectivity index (χ1) is 9.29. The van der Waals surface area contributed by atoms with Crippen LogP contribution in [0.2, 0.25) is 0 Å². The molecular formula is C13H14F3NO3. The monoisotopic (exact) mass is 289 g/mol. The van der Waals surface area contributed by atoms with E-state index in [1.54, 1.807) is 0 Å². The minimum Gasteiger partial charge on any atom is -0.478 e. The number of aromatic carboxylic acids is 1. The Kier molecular flexibility index (Phi) is 3.89. The van der Waals surface area contributed by atoms with Gasteiger partial charge in [-0.25, -0.2) is 4.79 Å². The van der Waals surface area contributed by atoms with Crippen LogP contribution < -0.4 is 5.32 Å². The predicted octanol–water partition coefficient (Wildman–Crippen LogP) is 2.99. The fourth-order valence-electron chi connectivity index (χ4n) is 2.19. The molecule has 1 saturated heterocycles. The van der Waals surface area contributed by atoms with Gasteiger partial charge in [0.15, 0.2) is 0 Å². The molecule has 0 radical (unpaired) electrons. The predicted molar refractivity (Wildman–Crippen MR) is 65.8 cm³/mol. The summed E-state index contributed by atoms with van der Waals surface area (Å²) in [6.07, 6.45) is -4.02. The molecule has 0 bridgehead atoms. The number of carbonyl (C=O) groups is 1. The third-order valence-electron chi connectivity index (χ3n) is 3.28. The fourth-order valence-corrected chi connectivity index (χ4v) is 2.19. The van der Waals surface area contributed by atoms with Crippen LogP contribution in [-0.4, -0.2) is 29.8 Å². The molecule has 0 spiro atoms. The van der Waals surface area contributed by atoms with Crippen LogP contribution in [0.3, 0.4) is 0 Å². The smallest absolute Gasteiger partial charge is 0.417 e. The lowest BCUT2D eigenvalue weighted by molar-refractivity contribution is -0.138. The quantitative estimate of drug-likeness (QED) is 0.898. The van der Waals surface area contributed by atoms with E-state index in [0.717, 1.165) is 18.6 Å². The second-order valence-electron chi connectivity index (χ2n) is 4.68. The average Bonchev–Trinajstić information content (AvgIpc) is 2.73. The number of rotatable bonds is 3. The van der Waals surface area contributed by atoms with Gasteiger partial charge in [-0.3, -0.25) is 0 Å². The SMILES string of the molecule is CC1OCCC1Nc1ccc(C(F)(F)F)c(C(=O)O)c1. The molecule has 1 aliphatic heterocycles. The molecule has 1 heterocycles. The topological polar surface area (TPSA) is 58.6 Å². The third-order valence-corrected chi connectivity index (χ3v) is 3.28. The molecule has 1 aliphatic rings. The molecule has 0 aliphatic carbocycles. The number of benzene rings is 1. The largest absolute Gasteiger partial charge is 0.478 e. The average molecular weight is 289 g/mol. The Balaban J connectivity index is 2.28. The summed E-state index contributed by atoms with van der Waals surface area (Å²) in [7, 11) is 0. The van der Waals surface area contributed by atoms with Crippen molar-refractivity contribution in [3.8, 4) is 0 Å². The zero-order valence-electron chi connectivity index (χ0n) is 10.7. The van der Waals surface area contributed by atoms with E-state index in [4.69, 9.17) is 9.84 Å². The molecular weight excluding hydrogens is 275 g/mol. The van der Waals surface area contributed by atoms with Gasteiger partial charge in [-0.2, -0.15) is 13.2 Å². The molecule has 2 N–H and O–H groups in total. The van der Waals surface area contributed by atoms with Crippen LogP contribution in [0, 0.1) is 0 Å². The van der Waals surface area contributed by atoms with Crippen LogP contribution in [0.4, 0.5) is 18.9 Å².